The normalized spacial score (nSPS) is 11.4. The number of carbonyl (C=O) groups is 1. The van der Waals surface area contributed by atoms with Crippen LogP contribution in [-0.2, 0) is 0 Å². The number of fused-ring (bicyclic) bond motifs is 1. The second kappa shape index (κ2) is 7.82. The van der Waals surface area contributed by atoms with Gasteiger partial charge in [0.2, 0.25) is 0 Å². The van der Waals surface area contributed by atoms with E-state index in [1.807, 2.05) is 18.2 Å². The minimum atomic E-state index is -0.399. The maximum Gasteiger partial charge on any atom is 0.274 e. The number of aromatic amines is 1. The van der Waals surface area contributed by atoms with Gasteiger partial charge in [-0.3, -0.25) is 9.59 Å². The molecule has 0 aliphatic carbocycles. The number of nitrogens with zero attached hydrogens (tertiary/aromatic N) is 1. The lowest BCUT2D eigenvalue weighted by atomic mass is 10.1. The summed E-state index contributed by atoms with van der Waals surface area (Å²) in [6.07, 6.45) is 1.31. The van der Waals surface area contributed by atoms with Crippen LogP contribution in [0.2, 0.25) is 0 Å². The molecule has 4 rings (SSSR count). The lowest BCUT2D eigenvalue weighted by molar-refractivity contribution is 0.102. The van der Waals surface area contributed by atoms with Gasteiger partial charge in [0.25, 0.3) is 11.5 Å². The Labute approximate surface area is 166 Å². The molecule has 3 aromatic carbocycles. The lowest BCUT2D eigenvalue weighted by Gasteiger charge is -2.07. The van der Waals surface area contributed by atoms with E-state index in [0.717, 1.165) is 0 Å². The number of amides is 1. The van der Waals surface area contributed by atoms with Crippen molar-refractivity contribution in [1.82, 2.24) is 9.97 Å². The number of aliphatic hydroxyl groups excluding tert-OH is 1. The van der Waals surface area contributed by atoms with E-state index in [2.05, 4.69) is 15.3 Å². The van der Waals surface area contributed by atoms with Crippen LogP contribution in [0.1, 0.15) is 21.6 Å². The second-order valence-electron chi connectivity index (χ2n) is 6.40. The molecular weight excluding hydrogens is 366 g/mol. The Morgan fingerprint density at radius 1 is 0.931 bits per heavy atom. The molecule has 0 spiro atoms. The Bertz CT molecular complexity index is 1280. The summed E-state index contributed by atoms with van der Waals surface area (Å²) in [7, 11) is 0. The number of nitrogens with one attached hydrogen (secondary N) is 2. The van der Waals surface area contributed by atoms with Crippen LogP contribution in [0.4, 0.5) is 5.69 Å². The molecule has 142 valence electrons. The number of para-hydroxylation sites is 2. The van der Waals surface area contributed by atoms with Gasteiger partial charge in [0.15, 0.2) is 0 Å². The molecule has 3 N–H and O–H groups in total. The van der Waals surface area contributed by atoms with E-state index in [9.17, 15) is 14.7 Å². The highest BCUT2D eigenvalue weighted by molar-refractivity contribution is 6.04. The zero-order valence-corrected chi connectivity index (χ0v) is 15.3. The SMILES string of the molecule is O=C(Nc1cccc(/C(O)=C/c2nc3ccccc3[nH]c2=O)c1)c1ccccc1. The summed E-state index contributed by atoms with van der Waals surface area (Å²) >= 11 is 0. The van der Waals surface area contributed by atoms with Crippen LogP contribution in [0.25, 0.3) is 22.9 Å². The third-order valence-corrected chi connectivity index (χ3v) is 4.35. The Kier molecular flexibility index (Phi) is 4.90. The summed E-state index contributed by atoms with van der Waals surface area (Å²) in [5, 5.41) is 13.3. The summed E-state index contributed by atoms with van der Waals surface area (Å²) in [6.45, 7) is 0. The van der Waals surface area contributed by atoms with Crippen LogP contribution in [0.3, 0.4) is 0 Å². The first kappa shape index (κ1) is 18.2. The summed E-state index contributed by atoms with van der Waals surface area (Å²) in [4.78, 5) is 31.6. The molecule has 0 fully saturated rings. The van der Waals surface area contributed by atoms with Crippen molar-refractivity contribution in [3.05, 3.63) is 106 Å². The molecule has 6 heteroatoms. The monoisotopic (exact) mass is 383 g/mol. The average Bonchev–Trinajstić information content (AvgIpc) is 2.75. The van der Waals surface area contributed by atoms with Crippen molar-refractivity contribution in [2.24, 2.45) is 0 Å². The fourth-order valence-corrected chi connectivity index (χ4v) is 2.90. The third-order valence-electron chi connectivity index (χ3n) is 4.35. The number of H-pyrrole nitrogens is 1. The summed E-state index contributed by atoms with van der Waals surface area (Å²) in [5.41, 5.74) is 2.45. The van der Waals surface area contributed by atoms with Gasteiger partial charge < -0.3 is 15.4 Å². The topological polar surface area (TPSA) is 95.1 Å². The van der Waals surface area contributed by atoms with Gasteiger partial charge in [-0.05, 0) is 36.4 Å². The Hall–Kier alpha value is -4.19. The molecule has 1 heterocycles. The quantitative estimate of drug-likeness (QED) is 0.460. The number of carbonyl (C=O) groups excluding carboxylic acids is 1. The molecule has 0 unspecified atom stereocenters. The summed E-state index contributed by atoms with van der Waals surface area (Å²) in [6, 6.07) is 22.7. The second-order valence-corrected chi connectivity index (χ2v) is 6.40. The van der Waals surface area contributed by atoms with E-state index in [-0.39, 0.29) is 17.4 Å². The van der Waals surface area contributed by atoms with Gasteiger partial charge >= 0.3 is 0 Å². The first-order valence-electron chi connectivity index (χ1n) is 8.97. The van der Waals surface area contributed by atoms with Gasteiger partial charge in [-0.25, -0.2) is 4.98 Å². The number of anilines is 1. The minimum absolute atomic E-state index is 0.0972. The van der Waals surface area contributed by atoms with Crippen molar-refractivity contribution in [1.29, 1.82) is 0 Å². The van der Waals surface area contributed by atoms with Crippen LogP contribution >= 0.6 is 0 Å². The van der Waals surface area contributed by atoms with E-state index in [1.165, 1.54) is 6.08 Å². The van der Waals surface area contributed by atoms with Crippen molar-refractivity contribution < 1.29 is 9.90 Å². The molecule has 6 nitrogen and oxygen atoms in total. The first-order chi connectivity index (χ1) is 14.1. The van der Waals surface area contributed by atoms with Crippen LogP contribution < -0.4 is 10.9 Å². The highest BCUT2D eigenvalue weighted by Crippen LogP contribution is 2.19. The predicted molar refractivity (Wildman–Crippen MR) is 114 cm³/mol. The fourth-order valence-electron chi connectivity index (χ4n) is 2.90. The van der Waals surface area contributed by atoms with Crippen molar-refractivity contribution in [3.63, 3.8) is 0 Å². The zero-order valence-electron chi connectivity index (χ0n) is 15.3. The van der Waals surface area contributed by atoms with Crippen molar-refractivity contribution in [3.8, 4) is 0 Å². The van der Waals surface area contributed by atoms with Gasteiger partial charge in [-0.2, -0.15) is 0 Å². The Balaban J connectivity index is 1.62. The van der Waals surface area contributed by atoms with Gasteiger partial charge in [0, 0.05) is 22.9 Å². The maximum atomic E-state index is 12.3. The molecule has 0 bridgehead atoms. The first-order valence-corrected chi connectivity index (χ1v) is 8.97. The molecule has 0 atom stereocenters. The van der Waals surface area contributed by atoms with Gasteiger partial charge in [-0.15, -0.1) is 0 Å². The summed E-state index contributed by atoms with van der Waals surface area (Å²) < 4.78 is 0. The number of aliphatic hydroxyl groups is 1. The fraction of sp³-hybridized carbons (Fsp3) is 0. The van der Waals surface area contributed by atoms with Crippen LogP contribution in [0.15, 0.2) is 83.7 Å². The molecule has 0 aliphatic heterocycles. The number of hydrogen-bond donors (Lipinski definition) is 3. The van der Waals surface area contributed by atoms with Gasteiger partial charge in [-0.1, -0.05) is 42.5 Å². The molecule has 0 aliphatic rings. The van der Waals surface area contributed by atoms with Crippen molar-refractivity contribution >= 4 is 34.5 Å². The molecule has 0 saturated carbocycles. The van der Waals surface area contributed by atoms with Gasteiger partial charge in [0.1, 0.15) is 11.5 Å². The van der Waals surface area contributed by atoms with Gasteiger partial charge in [0.05, 0.1) is 11.0 Å². The number of benzene rings is 3. The zero-order chi connectivity index (χ0) is 20.2. The van der Waals surface area contributed by atoms with E-state index >= 15 is 0 Å². The van der Waals surface area contributed by atoms with Crippen LogP contribution in [0.5, 0.6) is 0 Å². The van der Waals surface area contributed by atoms with E-state index < -0.39 is 5.56 Å². The highest BCUT2D eigenvalue weighted by atomic mass is 16.3. The standard InChI is InChI=1S/C23H17N3O3/c27-21(14-20-23(29)26-19-12-5-4-11-18(19)25-20)16-9-6-10-17(13-16)24-22(28)15-7-2-1-3-8-15/h1-14,27H,(H,24,28)(H,26,29)/b21-14-. The molecular formula is C23H17N3O3. The van der Waals surface area contributed by atoms with E-state index in [4.69, 9.17) is 0 Å². The molecule has 1 aromatic heterocycles. The van der Waals surface area contributed by atoms with Crippen molar-refractivity contribution in [2.75, 3.05) is 5.32 Å². The maximum absolute atomic E-state index is 12.3. The number of rotatable bonds is 4. The van der Waals surface area contributed by atoms with Crippen LogP contribution in [-0.4, -0.2) is 21.0 Å². The molecule has 0 radical (unpaired) electrons. The van der Waals surface area contributed by atoms with Crippen LogP contribution in [0, 0.1) is 0 Å². The predicted octanol–water partition coefficient (Wildman–Crippen LogP) is 4.23. The number of aromatic nitrogens is 2. The lowest BCUT2D eigenvalue weighted by Crippen LogP contribution is -2.12. The molecule has 4 aromatic rings. The van der Waals surface area contributed by atoms with E-state index in [1.54, 1.807) is 60.7 Å². The smallest absolute Gasteiger partial charge is 0.274 e. The van der Waals surface area contributed by atoms with E-state index in [0.29, 0.717) is 27.8 Å². The summed E-state index contributed by atoms with van der Waals surface area (Å²) in [5.74, 6) is -0.382. The molecule has 0 saturated heterocycles. The number of hydrogen-bond acceptors (Lipinski definition) is 4. The Morgan fingerprint density at radius 2 is 1.66 bits per heavy atom. The minimum Gasteiger partial charge on any atom is -0.507 e. The third kappa shape index (κ3) is 4.06. The Morgan fingerprint density at radius 3 is 2.48 bits per heavy atom. The highest BCUT2D eigenvalue weighted by Gasteiger charge is 2.08. The average molecular weight is 383 g/mol. The molecule has 29 heavy (non-hydrogen) atoms. The largest absolute Gasteiger partial charge is 0.507 e. The molecule has 1 amide bonds. The van der Waals surface area contributed by atoms with Crippen molar-refractivity contribution in [2.45, 2.75) is 0 Å².